The molecule has 0 atom stereocenters. The zero-order valence-corrected chi connectivity index (χ0v) is 18.7. The normalized spacial score (nSPS) is 17.2. The number of piperazine rings is 1. The number of fused-ring (bicyclic) bond motifs is 2. The van der Waals surface area contributed by atoms with Crippen LogP contribution in [0.15, 0.2) is 36.8 Å². The van der Waals surface area contributed by atoms with Gasteiger partial charge in [0.15, 0.2) is 11.5 Å². The largest absolute Gasteiger partial charge is 0.368 e. The molecule has 1 spiro atoms. The van der Waals surface area contributed by atoms with E-state index in [0.29, 0.717) is 29.0 Å². The van der Waals surface area contributed by atoms with Gasteiger partial charge >= 0.3 is 0 Å². The number of benzene rings is 1. The van der Waals surface area contributed by atoms with Crippen LogP contribution in [0, 0.1) is 12.7 Å². The molecule has 2 fully saturated rings. The zero-order valence-electron chi connectivity index (χ0n) is 18.7. The summed E-state index contributed by atoms with van der Waals surface area (Å²) >= 11 is 0. The lowest BCUT2D eigenvalue weighted by Crippen LogP contribution is -2.52. The van der Waals surface area contributed by atoms with Gasteiger partial charge in [-0.15, -0.1) is 0 Å². The van der Waals surface area contributed by atoms with E-state index >= 15 is 0 Å². The number of amides is 1. The third-order valence-electron chi connectivity index (χ3n) is 6.72. The highest BCUT2D eigenvalue weighted by atomic mass is 19.1. The molecular formula is C24H26FN7O. The van der Waals surface area contributed by atoms with Crippen LogP contribution >= 0.6 is 0 Å². The van der Waals surface area contributed by atoms with E-state index in [0.717, 1.165) is 30.7 Å². The molecule has 0 bridgehead atoms. The SMILES string of the molecule is CCn1cc2c(N3CCNC4(CC4)C3)ccc(C(=O)Nc3cc(F)c4nc(C)cn4c3)c2n1. The van der Waals surface area contributed by atoms with Crippen molar-refractivity contribution in [3.8, 4) is 0 Å². The van der Waals surface area contributed by atoms with Gasteiger partial charge in [-0.25, -0.2) is 9.37 Å². The van der Waals surface area contributed by atoms with Crippen LogP contribution in [0.25, 0.3) is 16.6 Å². The standard InChI is InChI=1S/C24H26FN7O/c1-3-32-13-18-20(30-9-8-26-24(14-30)6-7-24)5-4-17(21(18)29-32)23(33)28-16-10-19(25)22-27-15(2)11-31(22)12-16/h4-5,10-13,26H,3,6-9,14H2,1-2H3,(H,28,33). The number of nitrogens with zero attached hydrogens (tertiary/aromatic N) is 5. The van der Waals surface area contributed by atoms with Crippen LogP contribution in [-0.2, 0) is 6.54 Å². The number of rotatable bonds is 4. The Morgan fingerprint density at radius 1 is 1.27 bits per heavy atom. The molecule has 3 aromatic heterocycles. The highest BCUT2D eigenvalue weighted by molar-refractivity contribution is 6.13. The van der Waals surface area contributed by atoms with Crippen LogP contribution in [0.3, 0.4) is 0 Å². The quantitative estimate of drug-likeness (QED) is 0.502. The number of anilines is 2. The molecule has 8 nitrogen and oxygen atoms in total. The first-order valence-corrected chi connectivity index (χ1v) is 11.4. The second-order valence-corrected chi connectivity index (χ2v) is 9.15. The molecule has 2 aliphatic rings. The first-order valence-electron chi connectivity index (χ1n) is 11.4. The van der Waals surface area contributed by atoms with E-state index < -0.39 is 5.82 Å². The molecule has 4 aromatic rings. The summed E-state index contributed by atoms with van der Waals surface area (Å²) in [6, 6.07) is 5.15. The number of nitrogens with one attached hydrogen (secondary N) is 2. The number of pyridine rings is 1. The second-order valence-electron chi connectivity index (χ2n) is 9.15. The van der Waals surface area contributed by atoms with E-state index in [2.05, 4.69) is 20.5 Å². The summed E-state index contributed by atoms with van der Waals surface area (Å²) in [5.74, 6) is -0.799. The minimum absolute atomic E-state index is 0.239. The summed E-state index contributed by atoms with van der Waals surface area (Å²) in [5.41, 5.74) is 3.80. The van der Waals surface area contributed by atoms with Gasteiger partial charge in [-0.2, -0.15) is 5.10 Å². The monoisotopic (exact) mass is 447 g/mol. The molecule has 1 amide bonds. The van der Waals surface area contributed by atoms with Crippen LogP contribution in [-0.4, -0.2) is 50.2 Å². The van der Waals surface area contributed by atoms with Crippen molar-refractivity contribution >= 4 is 33.8 Å². The van der Waals surface area contributed by atoms with Crippen molar-refractivity contribution in [2.24, 2.45) is 0 Å². The molecular weight excluding hydrogens is 421 g/mol. The van der Waals surface area contributed by atoms with Gasteiger partial charge in [-0.3, -0.25) is 9.48 Å². The highest BCUT2D eigenvalue weighted by Gasteiger charge is 2.45. The number of hydrogen-bond donors (Lipinski definition) is 2. The lowest BCUT2D eigenvalue weighted by atomic mass is 10.1. The number of aromatic nitrogens is 4. The maximum atomic E-state index is 14.5. The summed E-state index contributed by atoms with van der Waals surface area (Å²) in [6.07, 6.45) is 7.83. The number of carbonyl (C=O) groups excluding carboxylic acids is 1. The molecule has 1 aliphatic carbocycles. The first kappa shape index (κ1) is 20.2. The smallest absolute Gasteiger partial charge is 0.257 e. The van der Waals surface area contributed by atoms with Gasteiger partial charge in [0.05, 0.1) is 16.9 Å². The van der Waals surface area contributed by atoms with E-state index in [1.165, 1.54) is 18.9 Å². The van der Waals surface area contributed by atoms with Gasteiger partial charge in [0.2, 0.25) is 0 Å². The lowest BCUT2D eigenvalue weighted by Gasteiger charge is -2.36. The number of hydrogen-bond acceptors (Lipinski definition) is 5. The Morgan fingerprint density at radius 2 is 2.12 bits per heavy atom. The fourth-order valence-corrected chi connectivity index (χ4v) is 4.85. The van der Waals surface area contributed by atoms with E-state index in [4.69, 9.17) is 5.10 Å². The Balaban J connectivity index is 1.36. The Bertz CT molecular complexity index is 1400. The van der Waals surface area contributed by atoms with Crippen molar-refractivity contribution in [3.63, 3.8) is 0 Å². The van der Waals surface area contributed by atoms with Gasteiger partial charge in [-0.05, 0) is 38.8 Å². The third kappa shape index (κ3) is 3.43. The van der Waals surface area contributed by atoms with Crippen molar-refractivity contribution in [3.05, 3.63) is 53.9 Å². The van der Waals surface area contributed by atoms with Crippen molar-refractivity contribution in [1.29, 1.82) is 0 Å². The first-order chi connectivity index (χ1) is 15.9. The van der Waals surface area contributed by atoms with Gasteiger partial charge in [0, 0.05) is 67.4 Å². The fraction of sp³-hybridized carbons (Fsp3) is 0.375. The summed E-state index contributed by atoms with van der Waals surface area (Å²) in [5, 5.41) is 12.2. The second kappa shape index (κ2) is 7.28. The summed E-state index contributed by atoms with van der Waals surface area (Å²) in [6.45, 7) is 7.38. The van der Waals surface area contributed by atoms with Gasteiger partial charge in [-0.1, -0.05) is 0 Å². The van der Waals surface area contributed by atoms with Crippen molar-refractivity contribution < 1.29 is 9.18 Å². The third-order valence-corrected chi connectivity index (χ3v) is 6.72. The summed E-state index contributed by atoms with van der Waals surface area (Å²) in [4.78, 5) is 19.8. The Hall–Kier alpha value is -3.46. The minimum atomic E-state index is -0.482. The number of aryl methyl sites for hydroxylation is 2. The average Bonchev–Trinajstić information content (AvgIpc) is 3.20. The maximum Gasteiger partial charge on any atom is 0.257 e. The Kier molecular flexibility index (Phi) is 4.45. The van der Waals surface area contributed by atoms with E-state index in [1.54, 1.807) is 23.7 Å². The van der Waals surface area contributed by atoms with Gasteiger partial charge in [0.25, 0.3) is 5.91 Å². The van der Waals surface area contributed by atoms with E-state index in [1.807, 2.05) is 29.9 Å². The van der Waals surface area contributed by atoms with Crippen LogP contribution in [0.4, 0.5) is 15.8 Å². The van der Waals surface area contributed by atoms with E-state index in [-0.39, 0.29) is 17.1 Å². The molecule has 4 heterocycles. The molecule has 9 heteroatoms. The predicted molar refractivity (Wildman–Crippen MR) is 125 cm³/mol. The zero-order chi connectivity index (χ0) is 22.7. The summed E-state index contributed by atoms with van der Waals surface area (Å²) in [7, 11) is 0. The molecule has 1 aromatic carbocycles. The van der Waals surface area contributed by atoms with Crippen molar-refractivity contribution in [1.82, 2.24) is 24.5 Å². The molecule has 33 heavy (non-hydrogen) atoms. The molecule has 1 saturated heterocycles. The Labute approximate surface area is 190 Å². The van der Waals surface area contributed by atoms with Crippen LogP contribution in [0.5, 0.6) is 0 Å². The number of halogens is 1. The summed E-state index contributed by atoms with van der Waals surface area (Å²) < 4.78 is 17.9. The lowest BCUT2D eigenvalue weighted by molar-refractivity contribution is 0.102. The van der Waals surface area contributed by atoms with Crippen LogP contribution < -0.4 is 15.5 Å². The van der Waals surface area contributed by atoms with Gasteiger partial charge in [0.1, 0.15) is 5.52 Å². The van der Waals surface area contributed by atoms with E-state index in [9.17, 15) is 9.18 Å². The highest BCUT2D eigenvalue weighted by Crippen LogP contribution is 2.40. The van der Waals surface area contributed by atoms with Crippen LogP contribution in [0.1, 0.15) is 35.8 Å². The molecule has 1 aliphatic heterocycles. The van der Waals surface area contributed by atoms with Crippen molar-refractivity contribution in [2.75, 3.05) is 29.9 Å². The molecule has 0 radical (unpaired) electrons. The van der Waals surface area contributed by atoms with Crippen LogP contribution in [0.2, 0.25) is 0 Å². The molecule has 0 unspecified atom stereocenters. The number of carbonyl (C=O) groups is 1. The molecule has 1 saturated carbocycles. The predicted octanol–water partition coefficient (Wildman–Crippen LogP) is 3.35. The molecule has 6 rings (SSSR count). The minimum Gasteiger partial charge on any atom is -0.368 e. The number of imidazole rings is 1. The average molecular weight is 448 g/mol. The topological polar surface area (TPSA) is 79.5 Å². The van der Waals surface area contributed by atoms with Crippen molar-refractivity contribution in [2.45, 2.75) is 38.8 Å². The Morgan fingerprint density at radius 3 is 2.91 bits per heavy atom. The van der Waals surface area contributed by atoms with Gasteiger partial charge < -0.3 is 19.9 Å². The molecule has 2 N–H and O–H groups in total. The fourth-order valence-electron chi connectivity index (χ4n) is 4.85. The molecule has 170 valence electrons. The maximum absolute atomic E-state index is 14.5.